The zero-order chi connectivity index (χ0) is 25.0. The second kappa shape index (κ2) is 14.6. The zero-order valence-corrected chi connectivity index (χ0v) is 21.7. The summed E-state index contributed by atoms with van der Waals surface area (Å²) in [4.78, 5) is 0. The zero-order valence-electron chi connectivity index (χ0n) is 20.2. The van der Waals surface area contributed by atoms with E-state index < -0.39 is 30.7 Å². The van der Waals surface area contributed by atoms with Crippen LogP contribution in [-0.2, 0) is 43.5 Å². The van der Waals surface area contributed by atoms with Gasteiger partial charge in [0.25, 0.3) is 0 Å². The van der Waals surface area contributed by atoms with Crippen LogP contribution in [0.25, 0.3) is 0 Å². The van der Waals surface area contributed by atoms with E-state index in [0.29, 0.717) is 31.8 Å². The molecule has 0 spiro atoms. The summed E-state index contributed by atoms with van der Waals surface area (Å²) in [5.74, 6) is 0. The predicted octanol–water partition coefficient (Wildman–Crippen LogP) is 4.87. The lowest BCUT2D eigenvalue weighted by Crippen LogP contribution is -2.61. The summed E-state index contributed by atoms with van der Waals surface area (Å²) < 4.78 is 30.7. The van der Waals surface area contributed by atoms with Gasteiger partial charge in [0, 0.05) is 5.33 Å². The molecule has 36 heavy (non-hydrogen) atoms. The van der Waals surface area contributed by atoms with Gasteiger partial charge in [-0.15, -0.1) is 0 Å². The molecule has 7 heteroatoms. The Morgan fingerprint density at radius 2 is 1.17 bits per heavy atom. The normalized spacial score (nSPS) is 24.0. The van der Waals surface area contributed by atoms with Crippen LogP contribution < -0.4 is 0 Å². The molecule has 1 fully saturated rings. The molecule has 0 aliphatic carbocycles. The highest BCUT2D eigenvalue weighted by molar-refractivity contribution is 9.09. The van der Waals surface area contributed by atoms with Crippen molar-refractivity contribution in [3.8, 4) is 0 Å². The van der Waals surface area contributed by atoms with Gasteiger partial charge in [-0.05, 0) is 16.7 Å². The van der Waals surface area contributed by atoms with Gasteiger partial charge in [-0.3, -0.25) is 0 Å². The maximum Gasteiger partial charge on any atom is 0.186 e. The van der Waals surface area contributed by atoms with Crippen LogP contribution in [0.1, 0.15) is 16.7 Å². The van der Waals surface area contributed by atoms with Gasteiger partial charge in [-0.1, -0.05) is 107 Å². The standard InChI is InChI=1S/C29H33BrO6/c30-16-17-33-29-28(35-20-24-14-8-3-9-15-24)27(34-19-23-12-6-2-7-13-23)26(31)25(36-29)21-32-18-22-10-4-1-5-11-22/h1-15,25-29,31H,16-21H2/t25-,26-,27+,28-,29-/m1/s1. The van der Waals surface area contributed by atoms with Crippen LogP contribution in [0.5, 0.6) is 0 Å². The Kier molecular flexibility index (Phi) is 10.9. The van der Waals surface area contributed by atoms with E-state index in [2.05, 4.69) is 15.9 Å². The first kappa shape index (κ1) is 26.9. The smallest absolute Gasteiger partial charge is 0.186 e. The molecule has 0 amide bonds. The lowest BCUT2D eigenvalue weighted by Gasteiger charge is -2.44. The first-order valence-corrected chi connectivity index (χ1v) is 13.3. The number of halogens is 1. The number of alkyl halides is 1. The second-order valence-corrected chi connectivity index (χ2v) is 9.41. The summed E-state index contributed by atoms with van der Waals surface area (Å²) in [7, 11) is 0. The van der Waals surface area contributed by atoms with E-state index in [-0.39, 0.29) is 6.61 Å². The summed E-state index contributed by atoms with van der Waals surface area (Å²) in [5.41, 5.74) is 3.07. The summed E-state index contributed by atoms with van der Waals surface area (Å²) in [6.45, 7) is 1.71. The van der Waals surface area contributed by atoms with E-state index in [1.165, 1.54) is 0 Å². The molecule has 1 N–H and O–H groups in total. The third-order valence-electron chi connectivity index (χ3n) is 5.94. The van der Waals surface area contributed by atoms with Crippen LogP contribution in [0.2, 0.25) is 0 Å². The number of rotatable bonds is 13. The van der Waals surface area contributed by atoms with E-state index in [0.717, 1.165) is 16.7 Å². The molecule has 1 saturated heterocycles. The van der Waals surface area contributed by atoms with Crippen molar-refractivity contribution in [3.63, 3.8) is 0 Å². The molecule has 1 aliphatic heterocycles. The van der Waals surface area contributed by atoms with Gasteiger partial charge in [0.15, 0.2) is 6.29 Å². The van der Waals surface area contributed by atoms with Crippen molar-refractivity contribution in [2.75, 3.05) is 18.5 Å². The maximum atomic E-state index is 11.3. The number of aliphatic hydroxyl groups excluding tert-OH is 1. The van der Waals surface area contributed by atoms with Gasteiger partial charge in [0.05, 0.1) is 33.0 Å². The quantitative estimate of drug-likeness (QED) is 0.303. The van der Waals surface area contributed by atoms with Crippen LogP contribution in [0.15, 0.2) is 91.0 Å². The van der Waals surface area contributed by atoms with Crippen LogP contribution in [-0.4, -0.2) is 54.4 Å². The number of aliphatic hydroxyl groups is 1. The van der Waals surface area contributed by atoms with Crippen LogP contribution >= 0.6 is 15.9 Å². The molecule has 192 valence electrons. The molecule has 4 rings (SSSR count). The molecule has 0 aromatic heterocycles. The molecule has 0 radical (unpaired) electrons. The summed E-state index contributed by atoms with van der Waals surface area (Å²) in [6.07, 6.45) is -3.62. The highest BCUT2D eigenvalue weighted by Gasteiger charge is 2.47. The molecule has 1 heterocycles. The van der Waals surface area contributed by atoms with Gasteiger partial charge in [-0.25, -0.2) is 0 Å². The van der Waals surface area contributed by atoms with Gasteiger partial charge in [-0.2, -0.15) is 0 Å². The van der Waals surface area contributed by atoms with Gasteiger partial charge in [0.2, 0.25) is 0 Å². The molecular weight excluding hydrogens is 524 g/mol. The Balaban J connectivity index is 1.48. The van der Waals surface area contributed by atoms with Crippen LogP contribution in [0, 0.1) is 0 Å². The van der Waals surface area contributed by atoms with E-state index in [9.17, 15) is 5.11 Å². The molecule has 0 bridgehead atoms. The topological polar surface area (TPSA) is 66.4 Å². The van der Waals surface area contributed by atoms with Crippen molar-refractivity contribution in [2.45, 2.75) is 50.5 Å². The van der Waals surface area contributed by atoms with Gasteiger partial charge in [0.1, 0.15) is 24.4 Å². The van der Waals surface area contributed by atoms with Crippen molar-refractivity contribution in [1.82, 2.24) is 0 Å². The Labute approximate surface area is 221 Å². The molecule has 3 aromatic carbocycles. The van der Waals surface area contributed by atoms with Crippen molar-refractivity contribution < 1.29 is 28.8 Å². The summed E-state index contributed by atoms with van der Waals surface area (Å²) in [6, 6.07) is 29.7. The molecule has 5 atom stereocenters. The van der Waals surface area contributed by atoms with Crippen molar-refractivity contribution in [2.24, 2.45) is 0 Å². The minimum absolute atomic E-state index is 0.195. The fraction of sp³-hybridized carbons (Fsp3) is 0.379. The van der Waals surface area contributed by atoms with Crippen molar-refractivity contribution in [3.05, 3.63) is 108 Å². The van der Waals surface area contributed by atoms with E-state index in [1.54, 1.807) is 0 Å². The largest absolute Gasteiger partial charge is 0.387 e. The number of hydrogen-bond acceptors (Lipinski definition) is 6. The average molecular weight is 557 g/mol. The van der Waals surface area contributed by atoms with Crippen LogP contribution in [0.3, 0.4) is 0 Å². The van der Waals surface area contributed by atoms with Crippen molar-refractivity contribution in [1.29, 1.82) is 0 Å². The molecular formula is C29H33BrO6. The van der Waals surface area contributed by atoms with E-state index in [1.807, 2.05) is 91.0 Å². The predicted molar refractivity (Wildman–Crippen MR) is 141 cm³/mol. The molecule has 3 aromatic rings. The Bertz CT molecular complexity index is 990. The van der Waals surface area contributed by atoms with Gasteiger partial charge >= 0.3 is 0 Å². The van der Waals surface area contributed by atoms with Gasteiger partial charge < -0.3 is 28.8 Å². The lowest BCUT2D eigenvalue weighted by molar-refractivity contribution is -0.320. The fourth-order valence-corrected chi connectivity index (χ4v) is 4.28. The second-order valence-electron chi connectivity index (χ2n) is 8.62. The minimum Gasteiger partial charge on any atom is -0.387 e. The molecule has 0 unspecified atom stereocenters. The fourth-order valence-electron chi connectivity index (χ4n) is 4.09. The van der Waals surface area contributed by atoms with Crippen molar-refractivity contribution >= 4 is 15.9 Å². The maximum absolute atomic E-state index is 11.3. The molecule has 1 aliphatic rings. The number of hydrogen-bond donors (Lipinski definition) is 1. The number of benzene rings is 3. The third kappa shape index (κ3) is 7.95. The first-order valence-electron chi connectivity index (χ1n) is 12.2. The average Bonchev–Trinajstić information content (AvgIpc) is 2.93. The molecule has 6 nitrogen and oxygen atoms in total. The minimum atomic E-state index is -0.964. The van der Waals surface area contributed by atoms with Crippen LogP contribution in [0.4, 0.5) is 0 Å². The van der Waals surface area contributed by atoms with E-state index >= 15 is 0 Å². The van der Waals surface area contributed by atoms with E-state index in [4.69, 9.17) is 23.7 Å². The Hall–Kier alpha value is -2.10. The Morgan fingerprint density at radius 1 is 0.667 bits per heavy atom. The monoisotopic (exact) mass is 556 g/mol. The SMILES string of the molecule is O[C@H]1[C@H](OCc2ccccc2)[C@@H](OCc2ccccc2)[C@H](OCCBr)O[C@@H]1COCc1ccccc1. The first-order chi connectivity index (χ1) is 17.7. The summed E-state index contributed by atoms with van der Waals surface area (Å²) in [5, 5.41) is 12.0. The highest BCUT2D eigenvalue weighted by Crippen LogP contribution is 2.29. The summed E-state index contributed by atoms with van der Waals surface area (Å²) >= 11 is 3.42. The molecule has 0 saturated carbocycles. The highest BCUT2D eigenvalue weighted by atomic mass is 79.9. The Morgan fingerprint density at radius 3 is 1.69 bits per heavy atom. The number of ether oxygens (including phenoxy) is 5. The lowest BCUT2D eigenvalue weighted by atomic mass is 9.98. The third-order valence-corrected chi connectivity index (χ3v) is 6.27.